The maximum atomic E-state index is 5.47. The van der Waals surface area contributed by atoms with Crippen LogP contribution in [0.15, 0.2) is 146 Å². The van der Waals surface area contributed by atoms with E-state index in [1.807, 2.05) is 24.4 Å². The summed E-state index contributed by atoms with van der Waals surface area (Å²) in [7, 11) is 0. The van der Waals surface area contributed by atoms with Crippen molar-refractivity contribution in [3.63, 3.8) is 0 Å². The van der Waals surface area contributed by atoms with Gasteiger partial charge in [-0.15, -0.1) is 34.8 Å². The molecule has 4 aromatic heterocycles. The predicted molar refractivity (Wildman–Crippen MR) is 205 cm³/mol. The van der Waals surface area contributed by atoms with Crippen LogP contribution in [-0.2, 0) is 21.1 Å². The molecule has 0 spiro atoms. The first-order valence-electron chi connectivity index (χ1n) is 17.1. The molecule has 0 saturated carbocycles. The van der Waals surface area contributed by atoms with Gasteiger partial charge in [0.1, 0.15) is 11.6 Å². The van der Waals surface area contributed by atoms with Crippen molar-refractivity contribution in [2.24, 2.45) is 0 Å². The Labute approximate surface area is 309 Å². The van der Waals surface area contributed by atoms with Crippen molar-refractivity contribution >= 4 is 54.6 Å². The number of nitrogens with zero attached hydrogens (tertiary/aromatic N) is 5. The third-order valence-electron chi connectivity index (χ3n) is 9.94. The number of pyridine rings is 1. The van der Waals surface area contributed by atoms with Crippen LogP contribution in [0, 0.1) is 6.07 Å². The fourth-order valence-corrected chi connectivity index (χ4v) is 7.51. The smallest absolute Gasteiger partial charge is 0.656 e. The Bertz CT molecular complexity index is 2900. The summed E-state index contributed by atoms with van der Waals surface area (Å²) in [5.41, 5.74) is 11.4. The number of rotatable bonds is 5. The molecule has 6 aromatic carbocycles. The monoisotopic (exact) mass is 836 g/mol. The SMILES string of the molecule is CC(C)c1ccc2c3ccc(-c4cccc5c4nc(-c4cccc6c4[n-]c4ccccc46)n5-c4ccccc4)[c-]c3n(-c3ccccn3)c2c1.[Pt+2]. The van der Waals surface area contributed by atoms with Crippen LogP contribution in [-0.4, -0.2) is 19.1 Å². The summed E-state index contributed by atoms with van der Waals surface area (Å²) in [4.78, 5) is 15.4. The molecule has 0 fully saturated rings. The minimum Gasteiger partial charge on any atom is -0.656 e. The van der Waals surface area contributed by atoms with Crippen molar-refractivity contribution in [3.05, 3.63) is 157 Å². The van der Waals surface area contributed by atoms with E-state index in [4.69, 9.17) is 15.0 Å². The summed E-state index contributed by atoms with van der Waals surface area (Å²) < 4.78 is 4.52. The van der Waals surface area contributed by atoms with Crippen molar-refractivity contribution in [1.82, 2.24) is 24.1 Å². The van der Waals surface area contributed by atoms with E-state index in [1.54, 1.807) is 0 Å². The van der Waals surface area contributed by atoms with E-state index in [9.17, 15) is 0 Å². The molecule has 246 valence electrons. The molecule has 0 unspecified atom stereocenters. The summed E-state index contributed by atoms with van der Waals surface area (Å²) in [5, 5.41) is 4.62. The van der Waals surface area contributed by atoms with Crippen LogP contribution in [0.25, 0.3) is 88.7 Å². The van der Waals surface area contributed by atoms with Gasteiger partial charge in [-0.1, -0.05) is 116 Å². The first kappa shape index (κ1) is 31.2. The molecule has 4 heterocycles. The fraction of sp³-hybridized carbons (Fsp3) is 0.0667. The molecule has 51 heavy (non-hydrogen) atoms. The maximum Gasteiger partial charge on any atom is 2.00 e. The summed E-state index contributed by atoms with van der Waals surface area (Å²) >= 11 is 0. The van der Waals surface area contributed by atoms with E-state index in [-0.39, 0.29) is 21.1 Å². The second-order valence-electron chi connectivity index (χ2n) is 13.2. The number of hydrogen-bond acceptors (Lipinski definition) is 2. The maximum absolute atomic E-state index is 5.47. The van der Waals surface area contributed by atoms with E-state index < -0.39 is 0 Å². The average molecular weight is 837 g/mol. The minimum atomic E-state index is 0. The van der Waals surface area contributed by atoms with Crippen molar-refractivity contribution in [2.75, 3.05) is 0 Å². The molecule has 0 aliphatic carbocycles. The number of imidazole rings is 1. The molecule has 0 aliphatic rings. The molecule has 0 bridgehead atoms. The molecule has 0 aliphatic heterocycles. The quantitative estimate of drug-likeness (QED) is 0.162. The van der Waals surface area contributed by atoms with Gasteiger partial charge < -0.3 is 9.55 Å². The molecule has 10 rings (SSSR count). The Morgan fingerprint density at radius 1 is 0.627 bits per heavy atom. The zero-order chi connectivity index (χ0) is 33.3. The van der Waals surface area contributed by atoms with Crippen molar-refractivity contribution in [2.45, 2.75) is 19.8 Å². The summed E-state index contributed by atoms with van der Waals surface area (Å²) in [6.07, 6.45) is 1.85. The number of para-hydroxylation sites is 4. The van der Waals surface area contributed by atoms with Gasteiger partial charge >= 0.3 is 21.1 Å². The van der Waals surface area contributed by atoms with Crippen LogP contribution in [0.5, 0.6) is 0 Å². The predicted octanol–water partition coefficient (Wildman–Crippen LogP) is 11.0. The van der Waals surface area contributed by atoms with Crippen LogP contribution >= 0.6 is 0 Å². The van der Waals surface area contributed by atoms with E-state index in [2.05, 4.69) is 150 Å². The molecule has 0 amide bonds. The van der Waals surface area contributed by atoms with E-state index in [0.29, 0.717) is 5.92 Å². The van der Waals surface area contributed by atoms with Gasteiger partial charge in [-0.05, 0) is 69.6 Å². The van der Waals surface area contributed by atoms with E-state index in [0.717, 1.165) is 83.3 Å². The molecule has 10 aromatic rings. The topological polar surface area (TPSA) is 49.7 Å². The molecule has 0 saturated heterocycles. The molecule has 0 N–H and O–H groups in total. The molecule has 0 radical (unpaired) electrons. The average Bonchev–Trinajstić information content (AvgIpc) is 3.84. The zero-order valence-electron chi connectivity index (χ0n) is 28.0. The minimum absolute atomic E-state index is 0. The Morgan fingerprint density at radius 3 is 2.24 bits per heavy atom. The third-order valence-corrected chi connectivity index (χ3v) is 9.94. The van der Waals surface area contributed by atoms with Crippen molar-refractivity contribution < 1.29 is 21.1 Å². The molecular formula is C45H31N5Pt. The van der Waals surface area contributed by atoms with Crippen LogP contribution in [0.3, 0.4) is 0 Å². The number of benzene rings is 6. The van der Waals surface area contributed by atoms with Crippen molar-refractivity contribution in [1.29, 1.82) is 0 Å². The Hall–Kier alpha value is -5.77. The Balaban J connectivity index is 0.00000348. The number of fused-ring (bicyclic) bond motifs is 7. The Morgan fingerprint density at radius 2 is 1.39 bits per heavy atom. The number of hydrogen-bond donors (Lipinski definition) is 0. The Kier molecular flexibility index (Phi) is 7.48. The summed E-state index contributed by atoms with van der Waals surface area (Å²) in [6, 6.07) is 52.8. The zero-order valence-corrected chi connectivity index (χ0v) is 30.3. The second-order valence-corrected chi connectivity index (χ2v) is 13.2. The molecular weight excluding hydrogens is 806 g/mol. The largest absolute Gasteiger partial charge is 2.00 e. The van der Waals surface area contributed by atoms with Gasteiger partial charge in [-0.2, -0.15) is 0 Å². The first-order valence-corrected chi connectivity index (χ1v) is 17.1. The third kappa shape index (κ3) is 4.87. The van der Waals surface area contributed by atoms with Gasteiger partial charge in [0.05, 0.1) is 11.0 Å². The fourth-order valence-electron chi connectivity index (χ4n) is 7.51. The van der Waals surface area contributed by atoms with Gasteiger partial charge in [-0.3, -0.25) is 4.57 Å². The first-order chi connectivity index (χ1) is 24.6. The molecule has 5 nitrogen and oxygen atoms in total. The normalized spacial score (nSPS) is 11.7. The van der Waals surface area contributed by atoms with Gasteiger partial charge in [-0.25, -0.2) is 9.97 Å². The van der Waals surface area contributed by atoms with E-state index >= 15 is 0 Å². The van der Waals surface area contributed by atoms with Crippen LogP contribution in [0.2, 0.25) is 0 Å². The van der Waals surface area contributed by atoms with E-state index in [1.165, 1.54) is 10.9 Å². The second kappa shape index (κ2) is 12.2. The van der Waals surface area contributed by atoms with Gasteiger partial charge in [0.25, 0.3) is 0 Å². The number of aromatic nitrogens is 5. The molecule has 0 atom stereocenters. The van der Waals surface area contributed by atoms with Crippen LogP contribution in [0.1, 0.15) is 25.3 Å². The van der Waals surface area contributed by atoms with Crippen LogP contribution < -0.4 is 4.98 Å². The standard InChI is InChI=1S/C45H31N5.Pt/c1-28(2)29-21-23-34-35-24-22-30(27-41(35)50(40(34)26-29)42-20-8-9-25-46-42)32-15-11-19-39-44(32)48-45(49(39)31-12-4-3-5-13-31)37-17-10-16-36-33-14-6-7-18-38(33)47-43(36)37;/h3-26,28H,1-2H3;/q-2;+2. The summed E-state index contributed by atoms with van der Waals surface area (Å²) in [6.45, 7) is 4.47. The van der Waals surface area contributed by atoms with Crippen LogP contribution in [0.4, 0.5) is 0 Å². The van der Waals surface area contributed by atoms with Gasteiger partial charge in [0.15, 0.2) is 0 Å². The molecule has 6 heteroatoms. The van der Waals surface area contributed by atoms with Crippen molar-refractivity contribution in [3.8, 4) is 34.0 Å². The van der Waals surface area contributed by atoms with Gasteiger partial charge in [0, 0.05) is 23.0 Å². The summed E-state index contributed by atoms with van der Waals surface area (Å²) in [5.74, 6) is 2.14. The van der Waals surface area contributed by atoms with Gasteiger partial charge in [0.2, 0.25) is 0 Å².